The second-order valence-corrected chi connectivity index (χ2v) is 3.08. The highest BCUT2D eigenvalue weighted by atomic mass is 19.1. The lowest BCUT2D eigenvalue weighted by molar-refractivity contribution is -0.136. The van der Waals surface area contributed by atoms with E-state index in [0.29, 0.717) is 0 Å². The summed E-state index contributed by atoms with van der Waals surface area (Å²) in [4.78, 5) is 10.7. The molecule has 4 nitrogen and oxygen atoms in total. The molecule has 6 heteroatoms. The van der Waals surface area contributed by atoms with Crippen molar-refractivity contribution in [3.63, 3.8) is 0 Å². The van der Waals surface area contributed by atoms with Crippen molar-refractivity contribution in [2.75, 3.05) is 6.61 Å². The molecule has 0 aliphatic carbocycles. The molecule has 0 unspecified atom stereocenters. The van der Waals surface area contributed by atoms with E-state index in [2.05, 4.69) is 0 Å². The Hall–Kier alpha value is -2.11. The molecule has 17 heavy (non-hydrogen) atoms. The predicted molar refractivity (Wildman–Crippen MR) is 55.3 cm³/mol. The van der Waals surface area contributed by atoms with Crippen molar-refractivity contribution in [3.8, 4) is 5.75 Å². The highest BCUT2D eigenvalue weighted by Crippen LogP contribution is 2.22. The Morgan fingerprint density at radius 3 is 2.35 bits per heavy atom. The first-order valence-electron chi connectivity index (χ1n) is 4.71. The first kappa shape index (κ1) is 13.0. The standard InChI is InChI=1S/C11H10F2O4/c1-2-17-9(11(15)16)5-6-3-7(12)10(14)8(13)4-6/h3-5,14H,2H2,1H3,(H,15,16)/b9-5-. The van der Waals surface area contributed by atoms with Crippen molar-refractivity contribution < 1.29 is 28.5 Å². The van der Waals surface area contributed by atoms with E-state index < -0.39 is 29.1 Å². The fourth-order valence-corrected chi connectivity index (χ4v) is 1.14. The number of carbonyl (C=O) groups is 1. The van der Waals surface area contributed by atoms with Gasteiger partial charge in [0, 0.05) is 0 Å². The largest absolute Gasteiger partial charge is 0.503 e. The summed E-state index contributed by atoms with van der Waals surface area (Å²) in [5, 5.41) is 17.6. The molecule has 2 N–H and O–H groups in total. The van der Waals surface area contributed by atoms with Gasteiger partial charge < -0.3 is 14.9 Å². The smallest absolute Gasteiger partial charge is 0.371 e. The summed E-state index contributed by atoms with van der Waals surface area (Å²) in [6.45, 7) is 1.69. The van der Waals surface area contributed by atoms with Gasteiger partial charge in [-0.25, -0.2) is 13.6 Å². The summed E-state index contributed by atoms with van der Waals surface area (Å²) in [6.07, 6.45) is 0.970. The molecular formula is C11H10F2O4. The van der Waals surface area contributed by atoms with Gasteiger partial charge in [0.2, 0.25) is 5.76 Å². The Morgan fingerprint density at radius 1 is 1.41 bits per heavy atom. The van der Waals surface area contributed by atoms with Gasteiger partial charge in [0.05, 0.1) is 6.61 Å². The van der Waals surface area contributed by atoms with E-state index in [1.807, 2.05) is 0 Å². The number of halogens is 2. The summed E-state index contributed by atoms with van der Waals surface area (Å²) in [5.41, 5.74) is -0.0522. The van der Waals surface area contributed by atoms with Crippen LogP contribution in [0, 0.1) is 11.6 Å². The lowest BCUT2D eigenvalue weighted by Gasteiger charge is -2.04. The summed E-state index contributed by atoms with van der Waals surface area (Å²) >= 11 is 0. The van der Waals surface area contributed by atoms with Gasteiger partial charge in [-0.2, -0.15) is 0 Å². The maximum Gasteiger partial charge on any atom is 0.371 e. The van der Waals surface area contributed by atoms with Gasteiger partial charge in [0.25, 0.3) is 0 Å². The SMILES string of the molecule is CCO/C(=C\c1cc(F)c(O)c(F)c1)C(=O)O. The lowest BCUT2D eigenvalue weighted by atomic mass is 10.1. The number of carboxylic acid groups (broad SMARTS) is 1. The molecule has 0 fully saturated rings. The van der Waals surface area contributed by atoms with Crippen LogP contribution in [0.25, 0.3) is 6.08 Å². The average Bonchev–Trinajstić information content (AvgIpc) is 2.25. The van der Waals surface area contributed by atoms with Crippen molar-refractivity contribution in [3.05, 3.63) is 35.1 Å². The fraction of sp³-hybridized carbons (Fsp3) is 0.182. The third-order valence-corrected chi connectivity index (χ3v) is 1.85. The van der Waals surface area contributed by atoms with Gasteiger partial charge in [-0.1, -0.05) is 0 Å². The molecule has 0 aromatic heterocycles. The van der Waals surface area contributed by atoms with E-state index in [9.17, 15) is 13.6 Å². The van der Waals surface area contributed by atoms with Crippen LogP contribution >= 0.6 is 0 Å². The number of carboxylic acids is 1. The summed E-state index contributed by atoms with van der Waals surface area (Å²) in [6, 6.07) is 1.61. The molecule has 1 aromatic carbocycles. The minimum absolute atomic E-state index is 0.0522. The first-order valence-corrected chi connectivity index (χ1v) is 4.71. The Bertz CT molecular complexity index is 446. The predicted octanol–water partition coefficient (Wildman–Crippen LogP) is 2.13. The third-order valence-electron chi connectivity index (χ3n) is 1.85. The fourth-order valence-electron chi connectivity index (χ4n) is 1.14. The molecule has 0 heterocycles. The molecule has 0 radical (unpaired) electrons. The van der Waals surface area contributed by atoms with E-state index in [0.717, 1.165) is 18.2 Å². The van der Waals surface area contributed by atoms with E-state index in [4.69, 9.17) is 14.9 Å². The second kappa shape index (κ2) is 5.29. The minimum atomic E-state index is -1.35. The van der Waals surface area contributed by atoms with Crippen LogP contribution in [-0.4, -0.2) is 22.8 Å². The zero-order chi connectivity index (χ0) is 13.0. The molecule has 0 aliphatic heterocycles. The summed E-state index contributed by atoms with van der Waals surface area (Å²) < 4.78 is 30.7. The topological polar surface area (TPSA) is 66.8 Å². The van der Waals surface area contributed by atoms with Crippen molar-refractivity contribution >= 4 is 12.0 Å². The summed E-state index contributed by atoms with van der Waals surface area (Å²) in [5.74, 6) is -5.22. The molecule has 0 saturated heterocycles. The Balaban J connectivity index is 3.16. The zero-order valence-corrected chi connectivity index (χ0v) is 8.91. The number of hydrogen-bond acceptors (Lipinski definition) is 3. The van der Waals surface area contributed by atoms with Crippen LogP contribution in [0.15, 0.2) is 17.9 Å². The molecule has 0 atom stereocenters. The van der Waals surface area contributed by atoms with Gasteiger partial charge in [-0.05, 0) is 30.7 Å². The van der Waals surface area contributed by atoms with Gasteiger partial charge in [-0.3, -0.25) is 0 Å². The maximum absolute atomic E-state index is 13.0. The van der Waals surface area contributed by atoms with Crippen LogP contribution in [0.1, 0.15) is 12.5 Å². The zero-order valence-electron chi connectivity index (χ0n) is 8.91. The van der Waals surface area contributed by atoms with Crippen LogP contribution in [0.3, 0.4) is 0 Å². The normalized spacial score (nSPS) is 11.4. The molecule has 0 spiro atoms. The molecule has 1 rings (SSSR count). The number of benzene rings is 1. The maximum atomic E-state index is 13.0. The lowest BCUT2D eigenvalue weighted by Crippen LogP contribution is -2.04. The number of phenols is 1. The number of aromatic hydroxyl groups is 1. The Kier molecular flexibility index (Phi) is 4.03. The van der Waals surface area contributed by atoms with Crippen molar-refractivity contribution in [1.82, 2.24) is 0 Å². The molecule has 0 aliphatic rings. The van der Waals surface area contributed by atoms with E-state index >= 15 is 0 Å². The number of hydrogen-bond donors (Lipinski definition) is 2. The van der Waals surface area contributed by atoms with Crippen molar-refractivity contribution in [2.24, 2.45) is 0 Å². The third kappa shape index (κ3) is 3.17. The van der Waals surface area contributed by atoms with Gasteiger partial charge in [0.1, 0.15) is 0 Å². The van der Waals surface area contributed by atoms with Crippen LogP contribution < -0.4 is 0 Å². The van der Waals surface area contributed by atoms with E-state index in [1.165, 1.54) is 0 Å². The first-order chi connectivity index (χ1) is 7.95. The highest BCUT2D eigenvalue weighted by Gasteiger charge is 2.12. The van der Waals surface area contributed by atoms with Crippen LogP contribution in [0.5, 0.6) is 5.75 Å². The number of rotatable bonds is 4. The van der Waals surface area contributed by atoms with Crippen molar-refractivity contribution in [1.29, 1.82) is 0 Å². The van der Waals surface area contributed by atoms with Gasteiger partial charge >= 0.3 is 5.97 Å². The Morgan fingerprint density at radius 2 is 1.94 bits per heavy atom. The molecule has 0 amide bonds. The van der Waals surface area contributed by atoms with Gasteiger partial charge in [-0.15, -0.1) is 0 Å². The van der Waals surface area contributed by atoms with E-state index in [-0.39, 0.29) is 12.2 Å². The molecule has 92 valence electrons. The van der Waals surface area contributed by atoms with Crippen LogP contribution in [-0.2, 0) is 9.53 Å². The molecular weight excluding hydrogens is 234 g/mol. The second-order valence-electron chi connectivity index (χ2n) is 3.08. The highest BCUT2D eigenvalue weighted by molar-refractivity contribution is 5.89. The van der Waals surface area contributed by atoms with Gasteiger partial charge in [0.15, 0.2) is 17.4 Å². The van der Waals surface area contributed by atoms with Crippen LogP contribution in [0.2, 0.25) is 0 Å². The van der Waals surface area contributed by atoms with E-state index in [1.54, 1.807) is 6.92 Å². The number of phenolic OH excluding ortho intramolecular Hbond substituents is 1. The monoisotopic (exact) mass is 244 g/mol. The number of ether oxygens (including phenoxy) is 1. The number of aliphatic carboxylic acids is 1. The molecule has 0 bridgehead atoms. The van der Waals surface area contributed by atoms with Crippen LogP contribution in [0.4, 0.5) is 8.78 Å². The minimum Gasteiger partial charge on any atom is -0.503 e. The van der Waals surface area contributed by atoms with Crippen molar-refractivity contribution in [2.45, 2.75) is 6.92 Å². The quantitative estimate of drug-likeness (QED) is 0.629. The molecule has 0 saturated carbocycles. The average molecular weight is 244 g/mol. The Labute approximate surface area is 95.8 Å². The summed E-state index contributed by atoms with van der Waals surface area (Å²) in [7, 11) is 0. The molecule has 1 aromatic rings.